The van der Waals surface area contributed by atoms with Crippen molar-refractivity contribution in [1.82, 2.24) is 0 Å². The first-order valence-corrected chi connectivity index (χ1v) is 7.51. The molecule has 0 aliphatic carbocycles. The Hall–Kier alpha value is -2.12. The molecule has 21 heavy (non-hydrogen) atoms. The fourth-order valence-electron chi connectivity index (χ4n) is 1.69. The highest BCUT2D eigenvalue weighted by molar-refractivity contribution is 7.92. The molecule has 0 unspecified atom stereocenters. The first-order chi connectivity index (χ1) is 9.96. The standard InChI is InChI=1S/C14H14FNO4S/c1-20-11-4-7-13(15)14(8-11)16-21(18,19)12-5-2-10(9-17)3-6-12/h2-8,16-17H,9H2,1H3. The van der Waals surface area contributed by atoms with Crippen LogP contribution in [0.15, 0.2) is 47.4 Å². The molecular formula is C14H14FNO4S. The SMILES string of the molecule is COc1ccc(F)c(NS(=O)(=O)c2ccc(CO)cc2)c1. The van der Waals surface area contributed by atoms with E-state index in [9.17, 15) is 12.8 Å². The second kappa shape index (κ2) is 6.11. The van der Waals surface area contributed by atoms with E-state index in [0.717, 1.165) is 6.07 Å². The molecular weight excluding hydrogens is 297 g/mol. The molecule has 2 rings (SSSR count). The quantitative estimate of drug-likeness (QED) is 0.887. The predicted molar refractivity (Wildman–Crippen MR) is 76.1 cm³/mol. The summed E-state index contributed by atoms with van der Waals surface area (Å²) >= 11 is 0. The minimum absolute atomic E-state index is 0.0260. The molecule has 0 saturated heterocycles. The van der Waals surface area contributed by atoms with Crippen molar-refractivity contribution in [2.75, 3.05) is 11.8 Å². The number of benzene rings is 2. The number of halogens is 1. The smallest absolute Gasteiger partial charge is 0.261 e. The number of methoxy groups -OCH3 is 1. The summed E-state index contributed by atoms with van der Waals surface area (Å²) in [4.78, 5) is -0.0260. The molecule has 0 heterocycles. The van der Waals surface area contributed by atoms with Gasteiger partial charge in [-0.3, -0.25) is 4.72 Å². The van der Waals surface area contributed by atoms with E-state index in [-0.39, 0.29) is 17.2 Å². The van der Waals surface area contributed by atoms with Crippen molar-refractivity contribution < 1.29 is 22.7 Å². The fraction of sp³-hybridized carbons (Fsp3) is 0.143. The summed E-state index contributed by atoms with van der Waals surface area (Å²) in [5, 5.41) is 8.93. The number of nitrogens with one attached hydrogen (secondary N) is 1. The van der Waals surface area contributed by atoms with Gasteiger partial charge in [-0.15, -0.1) is 0 Å². The summed E-state index contributed by atoms with van der Waals surface area (Å²) in [6.07, 6.45) is 0. The van der Waals surface area contributed by atoms with Crippen molar-refractivity contribution in [1.29, 1.82) is 0 Å². The number of rotatable bonds is 5. The van der Waals surface area contributed by atoms with Crippen molar-refractivity contribution >= 4 is 15.7 Å². The number of ether oxygens (including phenoxy) is 1. The normalized spacial score (nSPS) is 11.2. The summed E-state index contributed by atoms with van der Waals surface area (Å²) in [7, 11) is -2.51. The van der Waals surface area contributed by atoms with Crippen LogP contribution in [0.5, 0.6) is 5.75 Å². The highest BCUT2D eigenvalue weighted by atomic mass is 32.2. The van der Waals surface area contributed by atoms with Gasteiger partial charge in [-0.05, 0) is 29.8 Å². The Labute approximate surface area is 122 Å². The van der Waals surface area contributed by atoms with Crippen LogP contribution < -0.4 is 9.46 Å². The van der Waals surface area contributed by atoms with Crippen LogP contribution in [0.4, 0.5) is 10.1 Å². The van der Waals surface area contributed by atoms with E-state index in [1.165, 1.54) is 43.5 Å². The molecule has 2 aromatic carbocycles. The summed E-state index contributed by atoms with van der Waals surface area (Å²) in [6.45, 7) is -0.182. The minimum atomic E-state index is -3.91. The van der Waals surface area contributed by atoms with Gasteiger partial charge in [0, 0.05) is 6.07 Å². The van der Waals surface area contributed by atoms with E-state index in [2.05, 4.69) is 4.72 Å². The average molecular weight is 311 g/mol. The molecule has 0 spiro atoms. The van der Waals surface area contributed by atoms with Crippen LogP contribution in [0.3, 0.4) is 0 Å². The highest BCUT2D eigenvalue weighted by Crippen LogP contribution is 2.24. The van der Waals surface area contributed by atoms with Crippen molar-refractivity contribution in [3.8, 4) is 5.75 Å². The van der Waals surface area contributed by atoms with Crippen molar-refractivity contribution in [3.63, 3.8) is 0 Å². The largest absolute Gasteiger partial charge is 0.497 e. The van der Waals surface area contributed by atoms with E-state index in [1.807, 2.05) is 0 Å². The zero-order valence-corrected chi connectivity index (χ0v) is 12.0. The lowest BCUT2D eigenvalue weighted by Crippen LogP contribution is -2.14. The molecule has 5 nitrogen and oxygen atoms in total. The summed E-state index contributed by atoms with van der Waals surface area (Å²) in [5.74, 6) is -0.365. The monoisotopic (exact) mass is 311 g/mol. The zero-order valence-electron chi connectivity index (χ0n) is 11.2. The number of aliphatic hydroxyl groups excluding tert-OH is 1. The third-order valence-electron chi connectivity index (χ3n) is 2.83. The van der Waals surface area contributed by atoms with E-state index < -0.39 is 15.8 Å². The van der Waals surface area contributed by atoms with Crippen molar-refractivity contribution in [3.05, 3.63) is 53.8 Å². The van der Waals surface area contributed by atoms with E-state index in [4.69, 9.17) is 9.84 Å². The van der Waals surface area contributed by atoms with Gasteiger partial charge < -0.3 is 9.84 Å². The Morgan fingerprint density at radius 3 is 2.43 bits per heavy atom. The van der Waals surface area contributed by atoms with Gasteiger partial charge in [0.25, 0.3) is 10.0 Å². The molecule has 0 fully saturated rings. The van der Waals surface area contributed by atoms with Crippen molar-refractivity contribution in [2.45, 2.75) is 11.5 Å². The number of aliphatic hydroxyl groups is 1. The van der Waals surface area contributed by atoms with Crippen LogP contribution in [-0.2, 0) is 16.6 Å². The second-order valence-electron chi connectivity index (χ2n) is 4.25. The molecule has 0 aliphatic heterocycles. The summed E-state index contributed by atoms with van der Waals surface area (Å²) < 4.78 is 45.1. The molecule has 7 heteroatoms. The van der Waals surface area contributed by atoms with Gasteiger partial charge in [-0.25, -0.2) is 12.8 Å². The average Bonchev–Trinajstić information content (AvgIpc) is 2.49. The van der Waals surface area contributed by atoms with Crippen LogP contribution in [-0.4, -0.2) is 20.6 Å². The van der Waals surface area contributed by atoms with Crippen molar-refractivity contribution in [2.24, 2.45) is 0 Å². The minimum Gasteiger partial charge on any atom is -0.497 e. The molecule has 0 aliphatic rings. The van der Waals surface area contributed by atoms with Gasteiger partial charge in [-0.2, -0.15) is 0 Å². The van der Waals surface area contributed by atoms with Gasteiger partial charge in [0.1, 0.15) is 11.6 Å². The molecule has 0 amide bonds. The lowest BCUT2D eigenvalue weighted by atomic mass is 10.2. The number of anilines is 1. The lowest BCUT2D eigenvalue weighted by Gasteiger charge is -2.10. The van der Waals surface area contributed by atoms with Gasteiger partial charge in [0.05, 0.1) is 24.3 Å². The van der Waals surface area contributed by atoms with E-state index >= 15 is 0 Å². The molecule has 0 bridgehead atoms. The molecule has 0 atom stereocenters. The predicted octanol–water partition coefficient (Wildman–Crippen LogP) is 2.13. The summed E-state index contributed by atoms with van der Waals surface area (Å²) in [5.41, 5.74) is 0.391. The Bertz CT molecular complexity index is 729. The molecule has 0 saturated carbocycles. The Kier molecular flexibility index (Phi) is 4.44. The number of hydrogen-bond acceptors (Lipinski definition) is 4. The molecule has 2 aromatic rings. The maximum atomic E-state index is 13.7. The van der Waals surface area contributed by atoms with Crippen LogP contribution in [0.25, 0.3) is 0 Å². The van der Waals surface area contributed by atoms with Gasteiger partial charge in [0.15, 0.2) is 0 Å². The third-order valence-corrected chi connectivity index (χ3v) is 4.22. The van der Waals surface area contributed by atoms with Gasteiger partial charge in [0.2, 0.25) is 0 Å². The number of sulfonamides is 1. The van der Waals surface area contributed by atoms with Crippen LogP contribution in [0, 0.1) is 5.82 Å². The molecule has 0 aromatic heterocycles. The Morgan fingerprint density at radius 1 is 1.19 bits per heavy atom. The third kappa shape index (κ3) is 3.50. The maximum absolute atomic E-state index is 13.7. The van der Waals surface area contributed by atoms with E-state index in [1.54, 1.807) is 0 Å². The Morgan fingerprint density at radius 2 is 1.86 bits per heavy atom. The zero-order chi connectivity index (χ0) is 15.5. The van der Waals surface area contributed by atoms with Crippen LogP contribution in [0.2, 0.25) is 0 Å². The number of hydrogen-bond donors (Lipinski definition) is 2. The summed E-state index contributed by atoms with van der Waals surface area (Å²) in [6, 6.07) is 9.41. The molecule has 2 N–H and O–H groups in total. The van der Waals surface area contributed by atoms with Crippen LogP contribution >= 0.6 is 0 Å². The highest BCUT2D eigenvalue weighted by Gasteiger charge is 2.16. The van der Waals surface area contributed by atoms with Gasteiger partial charge in [-0.1, -0.05) is 12.1 Å². The second-order valence-corrected chi connectivity index (χ2v) is 5.94. The lowest BCUT2D eigenvalue weighted by molar-refractivity contribution is 0.282. The topological polar surface area (TPSA) is 75.6 Å². The molecule has 112 valence electrons. The van der Waals surface area contributed by atoms with Gasteiger partial charge >= 0.3 is 0 Å². The fourth-order valence-corrected chi connectivity index (χ4v) is 2.75. The molecule has 0 radical (unpaired) electrons. The van der Waals surface area contributed by atoms with Crippen LogP contribution in [0.1, 0.15) is 5.56 Å². The maximum Gasteiger partial charge on any atom is 0.261 e. The first kappa shape index (κ1) is 15.3. The van der Waals surface area contributed by atoms with E-state index in [0.29, 0.717) is 11.3 Å². The Balaban J connectivity index is 2.32. The first-order valence-electron chi connectivity index (χ1n) is 6.02.